The summed E-state index contributed by atoms with van der Waals surface area (Å²) < 4.78 is 4.98. The van der Waals surface area contributed by atoms with Crippen molar-refractivity contribution in [1.82, 2.24) is 0 Å². The summed E-state index contributed by atoms with van der Waals surface area (Å²) >= 11 is 7.05. The predicted molar refractivity (Wildman–Crippen MR) is 129 cm³/mol. The van der Waals surface area contributed by atoms with Crippen molar-refractivity contribution >= 4 is 51.4 Å². The van der Waals surface area contributed by atoms with Gasteiger partial charge in [-0.25, -0.2) is 4.79 Å². The number of carbonyl (C=O) groups is 3. The summed E-state index contributed by atoms with van der Waals surface area (Å²) in [6, 6.07) is 6.80. The lowest BCUT2D eigenvalue weighted by atomic mass is 9.49. The molecule has 4 aliphatic rings. The van der Waals surface area contributed by atoms with E-state index >= 15 is 0 Å². The zero-order valence-electron chi connectivity index (χ0n) is 18.7. The van der Waals surface area contributed by atoms with Crippen LogP contribution in [0.5, 0.6) is 0 Å². The van der Waals surface area contributed by atoms with Gasteiger partial charge in [-0.2, -0.15) is 0 Å². The largest absolute Gasteiger partial charge is 0.465 e. The summed E-state index contributed by atoms with van der Waals surface area (Å²) in [7, 11) is 1.30. The van der Waals surface area contributed by atoms with E-state index in [-0.39, 0.29) is 22.8 Å². The molecular weight excluding hydrogens is 460 g/mol. The average Bonchev–Trinajstić information content (AvgIpc) is 3.09. The van der Waals surface area contributed by atoms with E-state index in [9.17, 15) is 14.4 Å². The van der Waals surface area contributed by atoms with E-state index in [4.69, 9.17) is 16.3 Å². The minimum atomic E-state index is -0.560. The van der Waals surface area contributed by atoms with Gasteiger partial charge in [0.2, 0.25) is 5.91 Å². The molecule has 4 saturated carbocycles. The van der Waals surface area contributed by atoms with Gasteiger partial charge in [-0.05, 0) is 93.0 Å². The van der Waals surface area contributed by atoms with E-state index in [0.717, 1.165) is 30.6 Å². The van der Waals surface area contributed by atoms with Crippen molar-refractivity contribution in [2.75, 3.05) is 17.7 Å². The van der Waals surface area contributed by atoms with Gasteiger partial charge in [0.25, 0.3) is 5.91 Å². The molecule has 2 amide bonds. The zero-order chi connectivity index (χ0) is 23.3. The van der Waals surface area contributed by atoms with Crippen LogP contribution in [-0.4, -0.2) is 24.9 Å². The minimum absolute atomic E-state index is 0.0161. The molecule has 1 aromatic carbocycles. The van der Waals surface area contributed by atoms with Crippen molar-refractivity contribution in [3.8, 4) is 0 Å². The van der Waals surface area contributed by atoms with Gasteiger partial charge in [-0.1, -0.05) is 11.6 Å². The number of esters is 1. The molecule has 0 unspecified atom stereocenters. The van der Waals surface area contributed by atoms with Crippen molar-refractivity contribution in [3.05, 3.63) is 45.3 Å². The van der Waals surface area contributed by atoms with Crippen LogP contribution in [0.4, 0.5) is 10.7 Å². The molecule has 0 aliphatic heterocycles. The fourth-order valence-electron chi connectivity index (χ4n) is 6.51. The third-order valence-corrected chi connectivity index (χ3v) is 9.05. The van der Waals surface area contributed by atoms with Gasteiger partial charge in [-0.15, -0.1) is 11.3 Å². The summed E-state index contributed by atoms with van der Waals surface area (Å²) in [5.74, 6) is 0.974. The molecule has 4 fully saturated rings. The molecule has 1 heterocycles. The standard InChI is InChI=1S/C25H27ClN2O4S/c1-13-19(23(30)32-2)22(33-20(13)21(29)27-18-5-3-17(26)4-6-18)28-24(31)25-10-14-7-15(11-25)9-16(8-14)12-25/h3-6,14-16H,7-12H2,1-2H3,(H,27,29)(H,28,31). The molecule has 2 N–H and O–H groups in total. The minimum Gasteiger partial charge on any atom is -0.465 e. The van der Waals surface area contributed by atoms with Crippen LogP contribution in [-0.2, 0) is 9.53 Å². The highest BCUT2D eigenvalue weighted by Crippen LogP contribution is 2.60. The van der Waals surface area contributed by atoms with Crippen LogP contribution in [0.2, 0.25) is 5.02 Å². The number of carbonyl (C=O) groups excluding carboxylic acids is 3. The fourth-order valence-corrected chi connectivity index (χ4v) is 7.72. The first-order valence-electron chi connectivity index (χ1n) is 11.4. The molecule has 0 spiro atoms. The van der Waals surface area contributed by atoms with E-state index in [1.807, 2.05) is 0 Å². The molecule has 174 valence electrons. The topological polar surface area (TPSA) is 84.5 Å². The molecular formula is C25H27ClN2O4S. The maximum atomic E-state index is 13.6. The van der Waals surface area contributed by atoms with Gasteiger partial charge in [0.1, 0.15) is 5.00 Å². The van der Waals surface area contributed by atoms with Crippen molar-refractivity contribution < 1.29 is 19.1 Å². The first-order chi connectivity index (χ1) is 15.8. The van der Waals surface area contributed by atoms with Crippen molar-refractivity contribution in [2.24, 2.45) is 23.2 Å². The van der Waals surface area contributed by atoms with Gasteiger partial charge in [0.15, 0.2) is 0 Å². The average molecular weight is 487 g/mol. The lowest BCUT2D eigenvalue weighted by molar-refractivity contribution is -0.140. The molecule has 8 heteroatoms. The number of methoxy groups -OCH3 is 1. The highest BCUT2D eigenvalue weighted by Gasteiger charge is 2.54. The number of hydrogen-bond acceptors (Lipinski definition) is 5. The fraction of sp³-hybridized carbons (Fsp3) is 0.480. The Morgan fingerprint density at radius 1 is 1.00 bits per heavy atom. The van der Waals surface area contributed by atoms with Crippen molar-refractivity contribution in [3.63, 3.8) is 0 Å². The second kappa shape index (κ2) is 8.44. The number of anilines is 2. The molecule has 0 saturated heterocycles. The molecule has 1 aromatic heterocycles. The number of amides is 2. The third-order valence-electron chi connectivity index (χ3n) is 7.59. The maximum Gasteiger partial charge on any atom is 0.341 e. The highest BCUT2D eigenvalue weighted by molar-refractivity contribution is 7.19. The number of halogens is 1. The smallest absolute Gasteiger partial charge is 0.341 e. The number of rotatable bonds is 5. The number of hydrogen-bond donors (Lipinski definition) is 2. The SMILES string of the molecule is COC(=O)c1c(NC(=O)C23CC4CC(CC(C4)C2)C3)sc(C(=O)Nc2ccc(Cl)cc2)c1C. The van der Waals surface area contributed by atoms with Crippen LogP contribution in [0.15, 0.2) is 24.3 Å². The van der Waals surface area contributed by atoms with E-state index < -0.39 is 5.97 Å². The Bertz CT molecular complexity index is 1090. The van der Waals surface area contributed by atoms with E-state index in [1.165, 1.54) is 26.4 Å². The molecule has 0 radical (unpaired) electrons. The van der Waals surface area contributed by atoms with Crippen LogP contribution in [0.1, 0.15) is 64.1 Å². The Morgan fingerprint density at radius 2 is 1.58 bits per heavy atom. The highest BCUT2D eigenvalue weighted by atomic mass is 35.5. The van der Waals surface area contributed by atoms with Crippen LogP contribution in [0.25, 0.3) is 0 Å². The summed E-state index contributed by atoms with van der Waals surface area (Å²) in [6.07, 6.45) is 6.50. The first kappa shape index (κ1) is 22.4. The predicted octanol–water partition coefficient (Wildman–Crippen LogP) is 5.90. The summed E-state index contributed by atoms with van der Waals surface area (Å²) in [4.78, 5) is 39.5. The Balaban J connectivity index is 1.42. The summed E-state index contributed by atoms with van der Waals surface area (Å²) in [6.45, 7) is 1.71. The summed E-state index contributed by atoms with van der Waals surface area (Å²) in [5.41, 5.74) is 0.989. The second-order valence-corrected chi connectivity index (χ2v) is 11.3. The van der Waals surface area contributed by atoms with Crippen LogP contribution in [0, 0.1) is 30.1 Å². The van der Waals surface area contributed by atoms with Crippen LogP contribution in [0.3, 0.4) is 0 Å². The Labute approximate surface area is 202 Å². The molecule has 6 nitrogen and oxygen atoms in total. The number of ether oxygens (including phenoxy) is 1. The van der Waals surface area contributed by atoms with Crippen LogP contribution < -0.4 is 10.6 Å². The Kier molecular flexibility index (Phi) is 5.73. The van der Waals surface area contributed by atoms with E-state index in [1.54, 1.807) is 31.2 Å². The third kappa shape index (κ3) is 4.06. The second-order valence-electron chi connectivity index (χ2n) is 9.86. The maximum absolute atomic E-state index is 13.6. The monoisotopic (exact) mass is 486 g/mol. The number of benzene rings is 1. The van der Waals surface area contributed by atoms with Crippen molar-refractivity contribution in [1.29, 1.82) is 0 Å². The summed E-state index contributed by atoms with van der Waals surface area (Å²) in [5, 5.41) is 6.85. The van der Waals surface area contributed by atoms with Crippen LogP contribution >= 0.6 is 22.9 Å². The van der Waals surface area contributed by atoms with Gasteiger partial charge in [-0.3, -0.25) is 9.59 Å². The lowest BCUT2D eigenvalue weighted by Crippen LogP contribution is -2.51. The Hall–Kier alpha value is -2.38. The van der Waals surface area contributed by atoms with E-state index in [2.05, 4.69) is 10.6 Å². The normalized spacial score (nSPS) is 27.3. The van der Waals surface area contributed by atoms with Gasteiger partial charge < -0.3 is 15.4 Å². The van der Waals surface area contributed by atoms with E-state index in [0.29, 0.717) is 43.9 Å². The molecule has 33 heavy (non-hydrogen) atoms. The molecule has 0 atom stereocenters. The molecule has 6 rings (SSSR count). The molecule has 4 bridgehead atoms. The van der Waals surface area contributed by atoms with Gasteiger partial charge in [0.05, 0.1) is 23.0 Å². The quantitative estimate of drug-likeness (QED) is 0.515. The van der Waals surface area contributed by atoms with Gasteiger partial charge in [0, 0.05) is 10.7 Å². The number of thiophene rings is 1. The number of nitrogens with one attached hydrogen (secondary N) is 2. The molecule has 4 aliphatic carbocycles. The van der Waals surface area contributed by atoms with Crippen molar-refractivity contribution in [2.45, 2.75) is 45.4 Å². The molecule has 2 aromatic rings. The lowest BCUT2D eigenvalue weighted by Gasteiger charge is -2.55. The Morgan fingerprint density at radius 3 is 2.12 bits per heavy atom. The van der Waals surface area contributed by atoms with Gasteiger partial charge >= 0.3 is 5.97 Å². The zero-order valence-corrected chi connectivity index (χ0v) is 20.3. The first-order valence-corrected chi connectivity index (χ1v) is 12.6.